The predicted molar refractivity (Wildman–Crippen MR) is 152 cm³/mol. The largest absolute Gasteiger partial charge is 0.457 e. The Labute approximate surface area is 223 Å². The molecule has 2 aliphatic rings. The Kier molecular flexibility index (Phi) is 6.22. The number of hydrogen-bond acceptors (Lipinski definition) is 5. The van der Waals surface area contributed by atoms with E-state index in [9.17, 15) is 0 Å². The Morgan fingerprint density at radius 3 is 2.18 bits per heavy atom. The fourth-order valence-corrected chi connectivity index (χ4v) is 5.10. The predicted octanol–water partition coefficient (Wildman–Crippen LogP) is 7.48. The van der Waals surface area contributed by atoms with Gasteiger partial charge in [0.15, 0.2) is 5.84 Å². The zero-order valence-electron chi connectivity index (χ0n) is 21.8. The van der Waals surface area contributed by atoms with Crippen molar-refractivity contribution >= 4 is 22.8 Å². The van der Waals surface area contributed by atoms with Gasteiger partial charge in [-0.15, -0.1) is 0 Å². The zero-order valence-corrected chi connectivity index (χ0v) is 21.8. The molecule has 0 saturated carbocycles. The fraction of sp³-hybridized carbons (Fsp3) is 0.156. The molecule has 0 saturated heterocycles. The summed E-state index contributed by atoms with van der Waals surface area (Å²) >= 11 is 0. The molecule has 0 amide bonds. The van der Waals surface area contributed by atoms with Crippen molar-refractivity contribution in [3.05, 3.63) is 126 Å². The van der Waals surface area contributed by atoms with Gasteiger partial charge < -0.3 is 9.64 Å². The van der Waals surface area contributed by atoms with Crippen LogP contribution in [0.5, 0.6) is 11.5 Å². The molecule has 1 unspecified atom stereocenters. The van der Waals surface area contributed by atoms with E-state index in [1.165, 1.54) is 11.1 Å². The molecular weight excluding hydrogens is 470 g/mol. The topological polar surface area (TPSA) is 43.4 Å². The Bertz CT molecular complexity index is 1560. The summed E-state index contributed by atoms with van der Waals surface area (Å²) in [4.78, 5) is 2.15. The van der Waals surface area contributed by atoms with Crippen LogP contribution >= 0.6 is 0 Å². The molecule has 0 fully saturated rings. The maximum absolute atomic E-state index is 6.32. The van der Waals surface area contributed by atoms with Crippen LogP contribution in [0.25, 0.3) is 5.57 Å². The molecule has 38 heavy (non-hydrogen) atoms. The quantitative estimate of drug-likeness (QED) is 0.258. The minimum atomic E-state index is 0.125. The molecule has 4 aromatic rings. The lowest BCUT2D eigenvalue weighted by atomic mass is 9.98. The number of ether oxygens (including phenoxy) is 1. The van der Waals surface area contributed by atoms with Crippen molar-refractivity contribution in [1.82, 2.24) is 4.90 Å². The van der Waals surface area contributed by atoms with Gasteiger partial charge in [0.05, 0.1) is 17.3 Å². The van der Waals surface area contributed by atoms with Crippen molar-refractivity contribution in [3.63, 3.8) is 0 Å². The van der Waals surface area contributed by atoms with Gasteiger partial charge >= 0.3 is 0 Å². The third kappa shape index (κ3) is 4.57. The highest BCUT2D eigenvalue weighted by atomic mass is 16.5. The van der Waals surface area contributed by atoms with Crippen molar-refractivity contribution in [2.75, 3.05) is 18.7 Å². The van der Waals surface area contributed by atoms with Crippen LogP contribution in [0.15, 0.2) is 125 Å². The first-order valence-electron chi connectivity index (χ1n) is 12.8. The smallest absolute Gasteiger partial charge is 0.236 e. The van der Waals surface area contributed by atoms with E-state index in [0.717, 1.165) is 40.0 Å². The van der Waals surface area contributed by atoms with Crippen molar-refractivity contribution in [2.45, 2.75) is 19.9 Å². The van der Waals surface area contributed by atoms with Crippen LogP contribution in [0.1, 0.15) is 25.0 Å². The summed E-state index contributed by atoms with van der Waals surface area (Å²) in [7, 11) is 2.06. The highest BCUT2D eigenvalue weighted by Gasteiger charge is 2.34. The van der Waals surface area contributed by atoms with E-state index in [-0.39, 0.29) is 6.04 Å². The summed E-state index contributed by atoms with van der Waals surface area (Å²) < 4.78 is 8.39. The highest BCUT2D eigenvalue weighted by Crippen LogP contribution is 2.36. The summed E-state index contributed by atoms with van der Waals surface area (Å²) in [5.74, 6) is 2.48. The molecule has 0 aliphatic carbocycles. The Balaban J connectivity index is 1.21. The molecule has 0 N–H and O–H groups in total. The molecule has 1 atom stereocenters. The van der Waals surface area contributed by atoms with Gasteiger partial charge in [0.1, 0.15) is 23.9 Å². The summed E-state index contributed by atoms with van der Waals surface area (Å²) in [5.41, 5.74) is 6.56. The zero-order chi connectivity index (χ0) is 26.1. The van der Waals surface area contributed by atoms with Crippen LogP contribution in [0.3, 0.4) is 0 Å². The summed E-state index contributed by atoms with van der Waals surface area (Å²) in [6.07, 6.45) is 0. The number of azo groups is 2. The maximum atomic E-state index is 6.32. The van der Waals surface area contributed by atoms with Crippen LogP contribution in [0.4, 0.5) is 11.4 Å². The van der Waals surface area contributed by atoms with Crippen LogP contribution in [-0.2, 0) is 0 Å². The lowest BCUT2D eigenvalue weighted by Crippen LogP contribution is -2.27. The monoisotopic (exact) mass is 500 g/mol. The highest BCUT2D eigenvalue weighted by molar-refractivity contribution is 6.00. The van der Waals surface area contributed by atoms with Crippen molar-refractivity contribution in [1.29, 1.82) is 0 Å². The molecule has 2 aliphatic heterocycles. The van der Waals surface area contributed by atoms with E-state index < -0.39 is 0 Å². The number of allylic oxidation sites excluding steroid dienone is 1. The number of benzene rings is 4. The lowest BCUT2D eigenvalue weighted by Gasteiger charge is -2.17. The van der Waals surface area contributed by atoms with E-state index >= 15 is 0 Å². The van der Waals surface area contributed by atoms with Gasteiger partial charge in [-0.2, -0.15) is 5.10 Å². The normalized spacial score (nSPS) is 17.1. The van der Waals surface area contributed by atoms with Crippen LogP contribution in [-0.4, -0.2) is 35.2 Å². The van der Waals surface area contributed by atoms with Crippen molar-refractivity contribution in [3.8, 4) is 11.5 Å². The average molecular weight is 501 g/mol. The Morgan fingerprint density at radius 1 is 0.789 bits per heavy atom. The summed E-state index contributed by atoms with van der Waals surface area (Å²) in [5, 5.41) is 11.7. The molecule has 6 rings (SSSR count). The molecule has 188 valence electrons. The van der Waals surface area contributed by atoms with Crippen LogP contribution < -0.4 is 9.75 Å². The van der Waals surface area contributed by atoms with E-state index in [1.807, 2.05) is 65.7 Å². The summed E-state index contributed by atoms with van der Waals surface area (Å²) in [6, 6.07) is 37.0. The number of anilines is 1. The molecule has 2 heterocycles. The van der Waals surface area contributed by atoms with Gasteiger partial charge in [-0.05, 0) is 35.8 Å². The molecule has 0 aromatic heterocycles. The maximum Gasteiger partial charge on any atom is 0.236 e. The molecule has 4 aromatic carbocycles. The second-order valence-corrected chi connectivity index (χ2v) is 9.61. The third-order valence-electron chi connectivity index (χ3n) is 6.91. The van der Waals surface area contributed by atoms with Crippen LogP contribution in [0.2, 0.25) is 0 Å². The minimum absolute atomic E-state index is 0.125. The van der Waals surface area contributed by atoms with E-state index in [1.54, 1.807) is 0 Å². The first-order valence-corrected chi connectivity index (χ1v) is 12.8. The number of rotatable bonds is 6. The van der Waals surface area contributed by atoms with Gasteiger partial charge in [0.25, 0.3) is 0 Å². The second-order valence-electron chi connectivity index (χ2n) is 9.61. The van der Waals surface area contributed by atoms with Gasteiger partial charge in [-0.1, -0.05) is 77.5 Å². The van der Waals surface area contributed by atoms with Crippen molar-refractivity contribution < 1.29 is 9.43 Å². The van der Waals surface area contributed by atoms with Gasteiger partial charge in [-0.25, -0.2) is 5.01 Å². The lowest BCUT2D eigenvalue weighted by molar-refractivity contribution is -0.524. The molecular formula is C32H30N5O+. The SMILES string of the molecule is CC1=C(c2ccccc2)C(C)[N+](c2cccc(Oc3cccc(N4CN(C)C(c5ccccc5)=N4)c3)c2)=N1. The molecule has 6 nitrogen and oxygen atoms in total. The number of hydrazone groups is 1. The second kappa shape index (κ2) is 9.98. The van der Waals surface area contributed by atoms with Crippen molar-refractivity contribution in [2.24, 2.45) is 10.2 Å². The summed E-state index contributed by atoms with van der Waals surface area (Å²) in [6.45, 7) is 4.94. The minimum Gasteiger partial charge on any atom is -0.457 e. The van der Waals surface area contributed by atoms with Gasteiger partial charge in [-0.3, -0.25) is 0 Å². The first-order chi connectivity index (χ1) is 18.6. The third-order valence-corrected chi connectivity index (χ3v) is 6.91. The number of hydrogen-bond donors (Lipinski definition) is 0. The number of amidine groups is 1. The van der Waals surface area contributed by atoms with E-state index in [2.05, 4.69) is 79.0 Å². The molecule has 0 radical (unpaired) electrons. The van der Waals surface area contributed by atoms with Gasteiger partial charge in [0, 0.05) is 31.7 Å². The fourth-order valence-electron chi connectivity index (χ4n) is 5.10. The molecule has 0 bridgehead atoms. The molecule has 6 heteroatoms. The van der Waals surface area contributed by atoms with E-state index in [0.29, 0.717) is 6.67 Å². The van der Waals surface area contributed by atoms with E-state index in [4.69, 9.17) is 15.0 Å². The first kappa shape index (κ1) is 23.7. The average Bonchev–Trinajstić information content (AvgIpc) is 3.48. The van der Waals surface area contributed by atoms with Gasteiger partial charge in [0.2, 0.25) is 11.7 Å². The number of nitrogens with zero attached hydrogens (tertiary/aromatic N) is 5. The standard InChI is InChI=1S/C32H30N5O/c1-23-31(25-12-6-4-7-13-25)24(2)37(33-23)28-17-11-19-30(21-28)38-29-18-10-16-27(20-29)36-22-35(3)32(34-36)26-14-8-5-9-15-26/h4-21,24H,22H2,1-3H3/q+1. The Hall–Kier alpha value is -4.71. The Morgan fingerprint density at radius 2 is 1.45 bits per heavy atom. The molecule has 0 spiro atoms. The van der Waals surface area contributed by atoms with Crippen LogP contribution in [0, 0.1) is 0 Å².